The lowest BCUT2D eigenvalue weighted by molar-refractivity contribution is -0.384. The lowest BCUT2D eigenvalue weighted by Gasteiger charge is -2.32. The quantitative estimate of drug-likeness (QED) is 0.181. The molecule has 0 bridgehead atoms. The Morgan fingerprint density at radius 1 is 1.03 bits per heavy atom. The van der Waals surface area contributed by atoms with Crippen LogP contribution in [0.1, 0.15) is 10.6 Å². The largest absolute Gasteiger partial charge is 0.333 e. The van der Waals surface area contributed by atoms with Gasteiger partial charge in [-0.1, -0.05) is 59.0 Å². The number of halogens is 1. The minimum absolute atomic E-state index is 0.0193. The molecule has 158 valence electrons. The van der Waals surface area contributed by atoms with Gasteiger partial charge in [0, 0.05) is 33.2 Å². The second kappa shape index (κ2) is 8.70. The fourth-order valence-electron chi connectivity index (χ4n) is 3.32. The average Bonchev–Trinajstić information content (AvgIpc) is 3.25. The number of aliphatic imine (C=N–C) groups is 1. The van der Waals surface area contributed by atoms with Gasteiger partial charge in [-0.05, 0) is 35.9 Å². The monoisotopic (exact) mass is 479 g/mol. The van der Waals surface area contributed by atoms with E-state index in [1.54, 1.807) is 30.1 Å². The van der Waals surface area contributed by atoms with E-state index in [0.29, 0.717) is 22.3 Å². The summed E-state index contributed by atoms with van der Waals surface area (Å²) in [5, 5.41) is 21.4. The smallest absolute Gasteiger partial charge is 0.270 e. The van der Waals surface area contributed by atoms with E-state index < -0.39 is 4.92 Å². The zero-order chi connectivity index (χ0) is 22.1. The Morgan fingerprint density at radius 2 is 1.88 bits per heavy atom. The van der Waals surface area contributed by atoms with Crippen LogP contribution >= 0.6 is 34.7 Å². The predicted octanol–water partition coefficient (Wildman–Crippen LogP) is 6.65. The Morgan fingerprint density at radius 3 is 2.75 bits per heavy atom. The number of hydrogen-bond donors (Lipinski definition) is 0. The molecule has 0 saturated heterocycles. The summed E-state index contributed by atoms with van der Waals surface area (Å²) in [7, 11) is 0. The highest BCUT2D eigenvalue weighted by molar-refractivity contribution is 7.99. The number of aromatic nitrogens is 2. The molecule has 0 amide bonds. The summed E-state index contributed by atoms with van der Waals surface area (Å²) in [6, 6.07) is 20.4. The molecule has 0 fully saturated rings. The number of nitro groups is 1. The van der Waals surface area contributed by atoms with Crippen molar-refractivity contribution in [3.63, 3.8) is 0 Å². The number of rotatable bonds is 5. The maximum absolute atomic E-state index is 10.9. The molecule has 1 aliphatic rings. The first-order valence-corrected chi connectivity index (χ1v) is 11.5. The number of non-ortho nitro benzene ring substituents is 1. The number of nitro benzene ring substituents is 1. The van der Waals surface area contributed by atoms with Crippen LogP contribution in [0.5, 0.6) is 0 Å². The molecule has 0 saturated carbocycles. The van der Waals surface area contributed by atoms with E-state index in [0.717, 1.165) is 26.2 Å². The highest BCUT2D eigenvalue weighted by atomic mass is 35.5. The summed E-state index contributed by atoms with van der Waals surface area (Å²) in [4.78, 5) is 19.3. The van der Waals surface area contributed by atoms with Gasteiger partial charge in [0.2, 0.25) is 5.13 Å². The van der Waals surface area contributed by atoms with Crippen molar-refractivity contribution >= 4 is 63.1 Å². The molecule has 1 aliphatic heterocycles. The third-order valence-electron chi connectivity index (χ3n) is 4.74. The van der Waals surface area contributed by atoms with E-state index in [1.807, 2.05) is 30.3 Å². The van der Waals surface area contributed by atoms with Crippen LogP contribution < -0.4 is 4.90 Å². The SMILES string of the molecule is O=[N+]([O-])c1cccc(/C=N/c2nnc(CN3c4ccccc4Sc4ccc(Cl)cc43)s2)c1. The summed E-state index contributed by atoms with van der Waals surface area (Å²) < 4.78 is 0. The summed E-state index contributed by atoms with van der Waals surface area (Å²) >= 11 is 9.37. The van der Waals surface area contributed by atoms with E-state index in [9.17, 15) is 10.1 Å². The topological polar surface area (TPSA) is 84.5 Å². The van der Waals surface area contributed by atoms with E-state index in [1.165, 1.54) is 23.5 Å². The number of para-hydroxylation sites is 1. The van der Waals surface area contributed by atoms with Crippen LogP contribution in [0.25, 0.3) is 0 Å². The standard InChI is InChI=1S/C22H14ClN5O2S2/c23-15-8-9-20-18(11-15)27(17-6-1-2-7-19(17)31-20)13-21-25-26-22(32-21)24-12-14-4-3-5-16(10-14)28(29)30/h1-12H,13H2/b24-12+. The van der Waals surface area contributed by atoms with Gasteiger partial charge in [0.15, 0.2) is 0 Å². The molecule has 2 heterocycles. The molecule has 32 heavy (non-hydrogen) atoms. The van der Waals surface area contributed by atoms with Gasteiger partial charge in [-0.25, -0.2) is 4.99 Å². The zero-order valence-corrected chi connectivity index (χ0v) is 18.8. The Bertz CT molecular complexity index is 1360. The summed E-state index contributed by atoms with van der Waals surface area (Å²) in [6.07, 6.45) is 1.55. The fraction of sp³-hybridized carbons (Fsp3) is 0.0455. The Labute approximate surface area is 196 Å². The van der Waals surface area contributed by atoms with E-state index >= 15 is 0 Å². The first kappa shape index (κ1) is 20.6. The lowest BCUT2D eigenvalue weighted by atomic mass is 10.2. The molecule has 5 rings (SSSR count). The number of nitrogens with zero attached hydrogens (tertiary/aromatic N) is 5. The van der Waals surface area contributed by atoms with Crippen LogP contribution in [0, 0.1) is 10.1 Å². The number of anilines is 2. The Hall–Kier alpha value is -3.27. The van der Waals surface area contributed by atoms with Crippen LogP contribution in [-0.4, -0.2) is 21.3 Å². The molecule has 1 aromatic heterocycles. The molecule has 0 N–H and O–H groups in total. The minimum atomic E-state index is -0.431. The highest BCUT2D eigenvalue weighted by Gasteiger charge is 2.24. The Balaban J connectivity index is 1.41. The number of benzene rings is 3. The summed E-state index contributed by atoms with van der Waals surface area (Å²) in [6.45, 7) is 0.523. The predicted molar refractivity (Wildman–Crippen MR) is 128 cm³/mol. The number of fused-ring (bicyclic) bond motifs is 2. The van der Waals surface area contributed by atoms with Gasteiger partial charge in [0.05, 0.1) is 22.8 Å². The average molecular weight is 480 g/mol. The maximum atomic E-state index is 10.9. The van der Waals surface area contributed by atoms with Crippen molar-refractivity contribution in [1.82, 2.24) is 10.2 Å². The first-order chi connectivity index (χ1) is 15.6. The maximum Gasteiger partial charge on any atom is 0.270 e. The van der Waals surface area contributed by atoms with Gasteiger partial charge >= 0.3 is 0 Å². The molecular formula is C22H14ClN5O2S2. The van der Waals surface area contributed by atoms with Crippen molar-refractivity contribution in [1.29, 1.82) is 0 Å². The van der Waals surface area contributed by atoms with Gasteiger partial charge < -0.3 is 4.90 Å². The van der Waals surface area contributed by atoms with Crippen LogP contribution in [-0.2, 0) is 6.54 Å². The fourth-order valence-corrected chi connectivity index (χ4v) is 5.23. The molecular weight excluding hydrogens is 466 g/mol. The normalized spacial score (nSPS) is 12.6. The molecule has 0 aliphatic carbocycles. The second-order valence-corrected chi connectivity index (χ2v) is 9.42. The number of hydrogen-bond acceptors (Lipinski definition) is 8. The van der Waals surface area contributed by atoms with Crippen LogP contribution in [0.2, 0.25) is 5.02 Å². The third-order valence-corrected chi connectivity index (χ3v) is 6.92. The molecule has 7 nitrogen and oxygen atoms in total. The summed E-state index contributed by atoms with van der Waals surface area (Å²) in [5.74, 6) is 0. The lowest BCUT2D eigenvalue weighted by Crippen LogP contribution is -2.20. The van der Waals surface area contributed by atoms with Crippen molar-refractivity contribution < 1.29 is 4.92 Å². The molecule has 10 heteroatoms. The van der Waals surface area contributed by atoms with Gasteiger partial charge in [-0.15, -0.1) is 10.2 Å². The second-order valence-electron chi connectivity index (χ2n) is 6.86. The van der Waals surface area contributed by atoms with Crippen LogP contribution in [0.4, 0.5) is 22.2 Å². The molecule has 0 spiro atoms. The van der Waals surface area contributed by atoms with Crippen molar-refractivity contribution in [2.75, 3.05) is 4.90 Å². The van der Waals surface area contributed by atoms with Crippen molar-refractivity contribution in [2.24, 2.45) is 4.99 Å². The van der Waals surface area contributed by atoms with Crippen molar-refractivity contribution in [2.45, 2.75) is 16.3 Å². The van der Waals surface area contributed by atoms with Crippen molar-refractivity contribution in [3.05, 3.63) is 92.4 Å². The van der Waals surface area contributed by atoms with E-state index in [-0.39, 0.29) is 5.69 Å². The van der Waals surface area contributed by atoms with E-state index in [2.05, 4.69) is 32.2 Å². The summed E-state index contributed by atoms with van der Waals surface area (Å²) in [5.41, 5.74) is 2.76. The van der Waals surface area contributed by atoms with Crippen LogP contribution in [0.3, 0.4) is 0 Å². The molecule has 3 aromatic carbocycles. The zero-order valence-electron chi connectivity index (χ0n) is 16.4. The van der Waals surface area contributed by atoms with E-state index in [4.69, 9.17) is 11.6 Å². The molecule has 4 aromatic rings. The van der Waals surface area contributed by atoms with Gasteiger partial charge in [-0.2, -0.15) is 0 Å². The molecule has 0 atom stereocenters. The minimum Gasteiger partial charge on any atom is -0.333 e. The van der Waals surface area contributed by atoms with Crippen molar-refractivity contribution in [3.8, 4) is 0 Å². The van der Waals surface area contributed by atoms with Gasteiger partial charge in [0.1, 0.15) is 5.01 Å². The Kier molecular flexibility index (Phi) is 5.60. The molecule has 0 radical (unpaired) electrons. The van der Waals surface area contributed by atoms with Gasteiger partial charge in [0.25, 0.3) is 5.69 Å². The van der Waals surface area contributed by atoms with Gasteiger partial charge in [-0.3, -0.25) is 10.1 Å². The first-order valence-electron chi connectivity index (χ1n) is 9.52. The highest BCUT2D eigenvalue weighted by Crippen LogP contribution is 2.49. The third kappa shape index (κ3) is 4.22. The van der Waals surface area contributed by atoms with Crippen LogP contribution in [0.15, 0.2) is 81.5 Å². The molecule has 0 unspecified atom stereocenters.